The van der Waals surface area contributed by atoms with Crippen LogP contribution in [0.5, 0.6) is 11.5 Å². The summed E-state index contributed by atoms with van der Waals surface area (Å²) in [6, 6.07) is 11.6. The third-order valence-corrected chi connectivity index (χ3v) is 3.54. The molecule has 0 bridgehead atoms. The van der Waals surface area contributed by atoms with Gasteiger partial charge in [0, 0.05) is 0 Å². The maximum absolute atomic E-state index is 12.4. The third kappa shape index (κ3) is 6.45. The fraction of sp³-hybridized carbons (Fsp3) is 0.211. The summed E-state index contributed by atoms with van der Waals surface area (Å²) in [7, 11) is 0. The van der Waals surface area contributed by atoms with Crippen molar-refractivity contribution < 1.29 is 37.4 Å². The van der Waals surface area contributed by atoms with Crippen molar-refractivity contribution >= 4 is 23.5 Å². The zero-order chi connectivity index (χ0) is 21.4. The van der Waals surface area contributed by atoms with E-state index in [0.29, 0.717) is 0 Å². The van der Waals surface area contributed by atoms with Gasteiger partial charge in [0.2, 0.25) is 0 Å². The van der Waals surface area contributed by atoms with E-state index in [1.54, 1.807) is 12.1 Å². The van der Waals surface area contributed by atoms with Crippen molar-refractivity contribution in [3.8, 4) is 11.5 Å². The van der Waals surface area contributed by atoms with Gasteiger partial charge in [-0.05, 0) is 31.2 Å². The predicted molar refractivity (Wildman–Crippen MR) is 97.7 cm³/mol. The number of hydrogen-bond donors (Lipinski definition) is 2. The van der Waals surface area contributed by atoms with Crippen LogP contribution >= 0.6 is 0 Å². The van der Waals surface area contributed by atoms with E-state index in [4.69, 9.17) is 15.2 Å². The number of carbonyl (C=O) groups is 3. The zero-order valence-electron chi connectivity index (χ0n) is 15.3. The van der Waals surface area contributed by atoms with E-state index in [1.165, 1.54) is 43.3 Å². The first-order valence-electron chi connectivity index (χ1n) is 8.33. The van der Waals surface area contributed by atoms with Gasteiger partial charge in [-0.25, -0.2) is 4.79 Å². The van der Waals surface area contributed by atoms with Crippen LogP contribution in [0.15, 0.2) is 48.5 Å². The number of nitrogens with two attached hydrogens (primary N) is 1. The molecule has 0 aromatic heterocycles. The maximum atomic E-state index is 12.4. The first-order valence-corrected chi connectivity index (χ1v) is 8.33. The molecule has 3 N–H and O–H groups in total. The lowest BCUT2D eigenvalue weighted by Gasteiger charge is -2.16. The van der Waals surface area contributed by atoms with Crippen LogP contribution in [0.3, 0.4) is 0 Å². The fourth-order valence-corrected chi connectivity index (χ4v) is 2.22. The minimum Gasteiger partial charge on any atom is -0.481 e. The lowest BCUT2D eigenvalue weighted by atomic mass is 10.2. The fourth-order valence-electron chi connectivity index (χ4n) is 2.22. The van der Waals surface area contributed by atoms with Crippen LogP contribution in [-0.4, -0.2) is 37.1 Å². The van der Waals surface area contributed by atoms with E-state index in [9.17, 15) is 23.2 Å². The second kappa shape index (κ2) is 10.0. The van der Waals surface area contributed by atoms with Gasteiger partial charge in [-0.1, -0.05) is 24.3 Å². The van der Waals surface area contributed by atoms with E-state index < -0.39 is 37.1 Å². The number of carbonyl (C=O) groups excluding carboxylic acids is 3. The second-order valence-electron chi connectivity index (χ2n) is 5.65. The van der Waals surface area contributed by atoms with Crippen LogP contribution in [0, 0.1) is 0 Å². The monoisotopic (exact) mass is 408 g/mol. The molecular weight excluding hydrogens is 390 g/mol. The van der Waals surface area contributed by atoms with Gasteiger partial charge in [0.15, 0.2) is 12.7 Å². The summed E-state index contributed by atoms with van der Waals surface area (Å²) in [4.78, 5) is 35.4. The molecule has 0 saturated heterocycles. The molecular formula is C19H18F2N2O6. The predicted octanol–water partition coefficient (Wildman–Crippen LogP) is 2.34. The van der Waals surface area contributed by atoms with Crippen molar-refractivity contribution in [2.75, 3.05) is 11.9 Å². The minimum absolute atomic E-state index is 0.00710. The normalized spacial score (nSPS) is 11.4. The topological polar surface area (TPSA) is 117 Å². The molecule has 0 aliphatic heterocycles. The van der Waals surface area contributed by atoms with Crippen LogP contribution < -0.4 is 20.5 Å². The van der Waals surface area contributed by atoms with E-state index in [-0.39, 0.29) is 22.7 Å². The number of ether oxygens (including phenoxy) is 3. The smallest absolute Gasteiger partial charge is 0.387 e. The molecule has 0 aliphatic rings. The summed E-state index contributed by atoms with van der Waals surface area (Å²) in [5.74, 6) is -2.52. The van der Waals surface area contributed by atoms with Crippen LogP contribution in [-0.2, 0) is 14.3 Å². The SMILES string of the molecule is C[C@H](OC(=O)COc1ccccc1C(N)=O)C(=O)Nc1ccccc1OC(F)F. The standard InChI is InChI=1S/C19H18F2N2O6/c1-11(18(26)23-13-7-3-5-9-15(13)29-19(20)21)28-16(24)10-27-14-8-4-2-6-12(14)17(22)25/h2-9,11,19H,10H2,1H3,(H2,22,25)(H,23,26)/t11-/m0/s1. The van der Waals surface area contributed by atoms with Gasteiger partial charge in [0.05, 0.1) is 11.3 Å². The van der Waals surface area contributed by atoms with Crippen molar-refractivity contribution in [3.05, 3.63) is 54.1 Å². The molecule has 154 valence electrons. The highest BCUT2D eigenvalue weighted by atomic mass is 19.3. The number of para-hydroxylation sites is 3. The van der Waals surface area contributed by atoms with Crippen molar-refractivity contribution in [1.29, 1.82) is 0 Å². The molecule has 0 fully saturated rings. The number of rotatable bonds is 9. The molecule has 8 nitrogen and oxygen atoms in total. The molecule has 0 spiro atoms. The van der Waals surface area contributed by atoms with Crippen LogP contribution in [0.4, 0.5) is 14.5 Å². The van der Waals surface area contributed by atoms with Gasteiger partial charge in [-0.15, -0.1) is 0 Å². The molecule has 2 amide bonds. The number of nitrogens with one attached hydrogen (secondary N) is 1. The molecule has 0 aliphatic carbocycles. The Kier molecular flexibility index (Phi) is 7.47. The molecule has 10 heteroatoms. The molecule has 2 aromatic carbocycles. The Hall–Kier alpha value is -3.69. The highest BCUT2D eigenvalue weighted by Crippen LogP contribution is 2.25. The molecule has 1 atom stereocenters. The third-order valence-electron chi connectivity index (χ3n) is 3.54. The van der Waals surface area contributed by atoms with Crippen LogP contribution in [0.2, 0.25) is 0 Å². The van der Waals surface area contributed by atoms with E-state index in [2.05, 4.69) is 10.1 Å². The van der Waals surface area contributed by atoms with Crippen LogP contribution in [0.25, 0.3) is 0 Å². The van der Waals surface area contributed by atoms with Gasteiger partial charge < -0.3 is 25.3 Å². The highest BCUT2D eigenvalue weighted by Gasteiger charge is 2.20. The van der Waals surface area contributed by atoms with E-state index in [1.807, 2.05) is 0 Å². The van der Waals surface area contributed by atoms with Crippen molar-refractivity contribution in [2.45, 2.75) is 19.6 Å². The Morgan fingerprint density at radius 1 is 1.03 bits per heavy atom. The molecule has 0 saturated carbocycles. The maximum Gasteiger partial charge on any atom is 0.387 e. The quantitative estimate of drug-likeness (QED) is 0.615. The molecule has 0 unspecified atom stereocenters. The van der Waals surface area contributed by atoms with E-state index in [0.717, 1.165) is 0 Å². The second-order valence-corrected chi connectivity index (χ2v) is 5.65. The number of halogens is 2. The van der Waals surface area contributed by atoms with Gasteiger partial charge in [-0.2, -0.15) is 8.78 Å². The Balaban J connectivity index is 1.91. The average molecular weight is 408 g/mol. The first kappa shape index (κ1) is 21.6. The van der Waals surface area contributed by atoms with Gasteiger partial charge in [0.1, 0.15) is 11.5 Å². The summed E-state index contributed by atoms with van der Waals surface area (Å²) in [6.45, 7) is -2.35. The number of benzene rings is 2. The molecule has 2 rings (SSSR count). The van der Waals surface area contributed by atoms with E-state index >= 15 is 0 Å². The number of esters is 1. The molecule has 29 heavy (non-hydrogen) atoms. The average Bonchev–Trinajstić information content (AvgIpc) is 2.67. The van der Waals surface area contributed by atoms with Gasteiger partial charge in [-0.3, -0.25) is 9.59 Å². The van der Waals surface area contributed by atoms with Crippen molar-refractivity contribution in [2.24, 2.45) is 5.73 Å². The van der Waals surface area contributed by atoms with Crippen LogP contribution in [0.1, 0.15) is 17.3 Å². The highest BCUT2D eigenvalue weighted by molar-refractivity contribution is 5.97. The Labute approximate surface area is 164 Å². The van der Waals surface area contributed by atoms with Crippen molar-refractivity contribution in [1.82, 2.24) is 0 Å². The molecule has 2 aromatic rings. The first-order chi connectivity index (χ1) is 13.8. The summed E-state index contributed by atoms with van der Waals surface area (Å²) < 4.78 is 39.3. The lowest BCUT2D eigenvalue weighted by Crippen LogP contribution is -2.32. The number of primary amides is 1. The minimum atomic E-state index is -3.07. The molecule has 0 radical (unpaired) electrons. The van der Waals surface area contributed by atoms with Crippen molar-refractivity contribution in [3.63, 3.8) is 0 Å². The summed E-state index contributed by atoms with van der Waals surface area (Å²) in [6.07, 6.45) is -1.25. The Morgan fingerprint density at radius 3 is 2.31 bits per heavy atom. The number of amides is 2. The Bertz CT molecular complexity index is 891. The number of anilines is 1. The number of alkyl halides is 2. The lowest BCUT2D eigenvalue weighted by molar-refractivity contribution is -0.155. The number of hydrogen-bond acceptors (Lipinski definition) is 6. The zero-order valence-corrected chi connectivity index (χ0v) is 15.3. The Morgan fingerprint density at radius 2 is 1.66 bits per heavy atom. The molecule has 0 heterocycles. The van der Waals surface area contributed by atoms with Gasteiger partial charge in [0.25, 0.3) is 11.8 Å². The summed E-state index contributed by atoms with van der Waals surface area (Å²) in [5, 5.41) is 2.34. The largest absolute Gasteiger partial charge is 0.481 e. The summed E-state index contributed by atoms with van der Waals surface area (Å²) in [5.41, 5.74) is 5.29. The summed E-state index contributed by atoms with van der Waals surface area (Å²) >= 11 is 0. The van der Waals surface area contributed by atoms with Gasteiger partial charge >= 0.3 is 12.6 Å².